The summed E-state index contributed by atoms with van der Waals surface area (Å²) in [5.41, 5.74) is -0.796. The van der Waals surface area contributed by atoms with Crippen molar-refractivity contribution in [2.24, 2.45) is 0 Å². The number of ether oxygens (including phenoxy) is 2. The summed E-state index contributed by atoms with van der Waals surface area (Å²) in [5.74, 6) is -0.777. The molecule has 0 N–H and O–H groups in total. The van der Waals surface area contributed by atoms with Crippen LogP contribution < -0.4 is 9.64 Å². The highest BCUT2D eigenvalue weighted by Crippen LogP contribution is 2.40. The summed E-state index contributed by atoms with van der Waals surface area (Å²) in [5, 5.41) is 0. The summed E-state index contributed by atoms with van der Waals surface area (Å²) < 4.78 is 10.5. The summed E-state index contributed by atoms with van der Waals surface area (Å²) >= 11 is 0. The molecule has 0 aliphatic carbocycles. The predicted octanol–water partition coefficient (Wildman–Crippen LogP) is 2.31. The maximum atomic E-state index is 12.5. The van der Waals surface area contributed by atoms with Gasteiger partial charge >= 0.3 is 11.9 Å². The van der Waals surface area contributed by atoms with Crippen molar-refractivity contribution < 1.29 is 19.1 Å². The highest BCUT2D eigenvalue weighted by molar-refractivity contribution is 6.11. The second kappa shape index (κ2) is 5.99. The average Bonchev–Trinajstić information content (AvgIpc) is 2.48. The molecule has 2 rings (SSSR count). The smallest absolute Gasteiger partial charge is 0.349 e. The van der Waals surface area contributed by atoms with Crippen molar-refractivity contribution in [3.05, 3.63) is 36.9 Å². The molecule has 1 aliphatic rings. The third-order valence-electron chi connectivity index (χ3n) is 3.53. The number of carbonyl (C=O) groups is 2. The third kappa shape index (κ3) is 2.28. The summed E-state index contributed by atoms with van der Waals surface area (Å²) in [4.78, 5) is 26.8. The average molecular weight is 289 g/mol. The van der Waals surface area contributed by atoms with E-state index in [4.69, 9.17) is 9.47 Å². The zero-order valence-electron chi connectivity index (χ0n) is 12.3. The minimum absolute atomic E-state index is 0.132. The summed E-state index contributed by atoms with van der Waals surface area (Å²) in [6.07, 6.45) is 1.67. The van der Waals surface area contributed by atoms with Gasteiger partial charge in [0.1, 0.15) is 0 Å². The van der Waals surface area contributed by atoms with E-state index in [-0.39, 0.29) is 13.0 Å². The molecule has 1 aromatic carbocycles. The van der Waals surface area contributed by atoms with Gasteiger partial charge in [-0.15, -0.1) is 6.58 Å². The third-order valence-corrected chi connectivity index (χ3v) is 3.53. The molecule has 1 heterocycles. The van der Waals surface area contributed by atoms with E-state index < -0.39 is 17.5 Å². The van der Waals surface area contributed by atoms with Crippen LogP contribution in [0.3, 0.4) is 0 Å². The Morgan fingerprint density at radius 1 is 1.43 bits per heavy atom. The minimum Gasteiger partial charge on any atom is -0.464 e. The van der Waals surface area contributed by atoms with E-state index in [1.165, 1.54) is 6.08 Å². The van der Waals surface area contributed by atoms with Gasteiger partial charge in [-0.25, -0.2) is 9.59 Å². The lowest BCUT2D eigenvalue weighted by Crippen LogP contribution is -2.64. The molecule has 1 atom stereocenters. The Morgan fingerprint density at radius 3 is 2.76 bits per heavy atom. The molecule has 1 aromatic rings. The molecule has 0 radical (unpaired) electrons. The number of hydrogen-bond donors (Lipinski definition) is 0. The first-order valence-corrected chi connectivity index (χ1v) is 6.98. The Balaban J connectivity index is 2.60. The first-order chi connectivity index (χ1) is 10.1. The molecule has 1 unspecified atom stereocenters. The lowest BCUT2D eigenvalue weighted by Gasteiger charge is -2.43. The van der Waals surface area contributed by atoms with Crippen LogP contribution in [0.4, 0.5) is 5.69 Å². The van der Waals surface area contributed by atoms with Gasteiger partial charge in [-0.1, -0.05) is 18.2 Å². The number of anilines is 1. The van der Waals surface area contributed by atoms with Crippen molar-refractivity contribution in [2.75, 3.05) is 18.1 Å². The number of benzene rings is 1. The molecular weight excluding hydrogens is 270 g/mol. The van der Waals surface area contributed by atoms with E-state index in [9.17, 15) is 9.59 Å². The van der Waals surface area contributed by atoms with E-state index in [0.717, 1.165) is 0 Å². The Morgan fingerprint density at radius 2 is 2.14 bits per heavy atom. The zero-order valence-corrected chi connectivity index (χ0v) is 12.3. The minimum atomic E-state index is -1.50. The van der Waals surface area contributed by atoms with Gasteiger partial charge in [0, 0.05) is 13.0 Å². The lowest BCUT2D eigenvalue weighted by molar-refractivity contribution is -0.160. The molecule has 0 saturated heterocycles. The van der Waals surface area contributed by atoms with Crippen LogP contribution in [0.1, 0.15) is 20.3 Å². The molecular formula is C16H19NO4. The van der Waals surface area contributed by atoms with Crippen molar-refractivity contribution in [1.82, 2.24) is 0 Å². The number of rotatable bonds is 5. The number of hydrogen-bond acceptors (Lipinski definition) is 5. The maximum Gasteiger partial charge on any atom is 0.349 e. The Kier molecular flexibility index (Phi) is 4.31. The normalized spacial score (nSPS) is 20.5. The van der Waals surface area contributed by atoms with Crippen LogP contribution in [-0.4, -0.2) is 30.6 Å². The van der Waals surface area contributed by atoms with Gasteiger partial charge in [-0.3, -0.25) is 0 Å². The van der Waals surface area contributed by atoms with Crippen LogP contribution in [0.25, 0.3) is 0 Å². The van der Waals surface area contributed by atoms with E-state index in [2.05, 4.69) is 6.58 Å². The van der Waals surface area contributed by atoms with Crippen molar-refractivity contribution in [3.63, 3.8) is 0 Å². The quantitative estimate of drug-likeness (QED) is 0.360. The van der Waals surface area contributed by atoms with E-state index in [0.29, 0.717) is 18.0 Å². The van der Waals surface area contributed by atoms with E-state index in [1.54, 1.807) is 24.0 Å². The van der Waals surface area contributed by atoms with Gasteiger partial charge in [0.05, 0.1) is 12.3 Å². The molecule has 0 bridgehead atoms. The number of fused-ring (bicyclic) bond motifs is 1. The SMILES string of the molecule is C=CCC1(C(=O)OCC)C(=O)Oc2ccccc2N1CC. The number of para-hydroxylation sites is 2. The molecule has 21 heavy (non-hydrogen) atoms. The van der Waals surface area contributed by atoms with Gasteiger partial charge < -0.3 is 14.4 Å². The number of carbonyl (C=O) groups excluding carboxylic acids is 2. The Labute approximate surface area is 124 Å². The highest BCUT2D eigenvalue weighted by atomic mass is 16.6. The molecule has 0 aromatic heterocycles. The molecule has 1 aliphatic heterocycles. The molecule has 0 fully saturated rings. The zero-order chi connectivity index (χ0) is 15.5. The van der Waals surface area contributed by atoms with Crippen LogP contribution in [0.5, 0.6) is 5.75 Å². The highest BCUT2D eigenvalue weighted by Gasteiger charge is 2.56. The molecule has 0 amide bonds. The molecule has 0 saturated carbocycles. The summed E-state index contributed by atoms with van der Waals surface area (Å²) in [6, 6.07) is 7.15. The van der Waals surface area contributed by atoms with Crippen molar-refractivity contribution in [1.29, 1.82) is 0 Å². The fourth-order valence-electron chi connectivity index (χ4n) is 2.64. The fourth-order valence-corrected chi connectivity index (χ4v) is 2.64. The molecule has 112 valence electrons. The van der Waals surface area contributed by atoms with E-state index >= 15 is 0 Å². The first-order valence-electron chi connectivity index (χ1n) is 6.98. The molecule has 5 heteroatoms. The second-order valence-corrected chi connectivity index (χ2v) is 4.68. The van der Waals surface area contributed by atoms with Crippen LogP contribution >= 0.6 is 0 Å². The maximum absolute atomic E-state index is 12.5. The van der Waals surface area contributed by atoms with Gasteiger partial charge in [-0.05, 0) is 26.0 Å². The standard InChI is InChI=1S/C16H19NO4/c1-4-11-16(14(18)20-6-3)15(19)21-13-10-8-7-9-12(13)17(16)5-2/h4,7-10H,1,5-6,11H2,2-3H3. The van der Waals surface area contributed by atoms with Crippen LogP contribution in [0.2, 0.25) is 0 Å². The lowest BCUT2D eigenvalue weighted by atomic mass is 9.90. The Hall–Kier alpha value is -2.30. The Bertz CT molecular complexity index is 569. The monoisotopic (exact) mass is 289 g/mol. The number of esters is 2. The molecule has 5 nitrogen and oxygen atoms in total. The van der Waals surface area contributed by atoms with E-state index in [1.807, 2.05) is 19.1 Å². The second-order valence-electron chi connectivity index (χ2n) is 4.68. The fraction of sp³-hybridized carbons (Fsp3) is 0.375. The van der Waals surface area contributed by atoms with Gasteiger partial charge in [0.25, 0.3) is 0 Å². The van der Waals surface area contributed by atoms with Crippen molar-refractivity contribution >= 4 is 17.6 Å². The van der Waals surface area contributed by atoms with Crippen LogP contribution in [0.15, 0.2) is 36.9 Å². The van der Waals surface area contributed by atoms with Crippen molar-refractivity contribution in [2.45, 2.75) is 25.8 Å². The predicted molar refractivity (Wildman–Crippen MR) is 79.3 cm³/mol. The topological polar surface area (TPSA) is 55.8 Å². The van der Waals surface area contributed by atoms with Crippen LogP contribution in [0, 0.1) is 0 Å². The van der Waals surface area contributed by atoms with Gasteiger partial charge in [0.15, 0.2) is 5.75 Å². The van der Waals surface area contributed by atoms with Crippen molar-refractivity contribution in [3.8, 4) is 5.75 Å². The summed E-state index contributed by atoms with van der Waals surface area (Å²) in [7, 11) is 0. The number of nitrogens with zero attached hydrogens (tertiary/aromatic N) is 1. The number of likely N-dealkylation sites (N-methyl/N-ethyl adjacent to an activating group) is 1. The summed E-state index contributed by atoms with van der Waals surface area (Å²) in [6.45, 7) is 7.92. The first kappa shape index (κ1) is 15.1. The van der Waals surface area contributed by atoms with Gasteiger partial charge in [0.2, 0.25) is 5.54 Å². The molecule has 0 spiro atoms. The van der Waals surface area contributed by atoms with Crippen LogP contribution in [-0.2, 0) is 14.3 Å². The van der Waals surface area contributed by atoms with Gasteiger partial charge in [-0.2, -0.15) is 0 Å². The largest absolute Gasteiger partial charge is 0.464 e.